The highest BCUT2D eigenvalue weighted by Crippen LogP contribution is 2.29. The summed E-state index contributed by atoms with van der Waals surface area (Å²) >= 11 is 7.49. The molecule has 0 aliphatic heterocycles. The zero-order valence-electron chi connectivity index (χ0n) is 8.64. The Balaban J connectivity index is 2.44. The highest BCUT2D eigenvalue weighted by molar-refractivity contribution is 7.09. The number of pyridine rings is 1. The minimum atomic E-state index is -0.0151. The molecule has 0 saturated carbocycles. The number of rotatable bonds is 3. The molecule has 0 bridgehead atoms. The van der Waals surface area contributed by atoms with E-state index in [1.807, 2.05) is 19.3 Å². The average molecular weight is 255 g/mol. The van der Waals surface area contributed by atoms with Crippen molar-refractivity contribution in [3.63, 3.8) is 0 Å². The number of nitrogens with zero attached hydrogens (tertiary/aromatic N) is 2. The van der Waals surface area contributed by atoms with Crippen molar-refractivity contribution in [2.75, 3.05) is 12.8 Å². The molecule has 0 spiro atoms. The number of halogens is 1. The van der Waals surface area contributed by atoms with Gasteiger partial charge in [0.1, 0.15) is 5.82 Å². The van der Waals surface area contributed by atoms with E-state index in [1.54, 1.807) is 23.0 Å². The highest BCUT2D eigenvalue weighted by atomic mass is 35.5. The smallest absolute Gasteiger partial charge is 0.128 e. The van der Waals surface area contributed by atoms with Crippen molar-refractivity contribution in [1.29, 1.82) is 0 Å². The first-order valence-corrected chi connectivity index (χ1v) is 5.94. The fraction of sp³-hybridized carbons (Fsp3) is 0.200. The first-order valence-electron chi connectivity index (χ1n) is 4.69. The van der Waals surface area contributed by atoms with Crippen LogP contribution in [0, 0.1) is 0 Å². The zero-order chi connectivity index (χ0) is 11.5. The number of nitrogens with two attached hydrogens (primary N) is 1. The maximum atomic E-state index is 5.92. The average Bonchev–Trinajstić information content (AvgIpc) is 2.78. The van der Waals surface area contributed by atoms with Gasteiger partial charge in [0.05, 0.1) is 16.6 Å². The molecular weight excluding hydrogens is 244 g/mol. The number of thiazole rings is 1. The van der Waals surface area contributed by atoms with E-state index in [4.69, 9.17) is 17.3 Å². The minimum Gasteiger partial charge on any atom is -0.383 e. The fourth-order valence-corrected chi connectivity index (χ4v) is 2.43. The van der Waals surface area contributed by atoms with Crippen molar-refractivity contribution in [2.24, 2.45) is 0 Å². The summed E-state index contributed by atoms with van der Waals surface area (Å²) in [6, 6.07) is 1.81. The van der Waals surface area contributed by atoms with Crippen LogP contribution in [0.4, 0.5) is 5.82 Å². The lowest BCUT2D eigenvalue weighted by atomic mass is 10.1. The molecular formula is C10H11ClN4S. The molecule has 0 saturated heterocycles. The second kappa shape index (κ2) is 4.78. The van der Waals surface area contributed by atoms with Gasteiger partial charge in [-0.2, -0.15) is 0 Å². The van der Waals surface area contributed by atoms with E-state index in [-0.39, 0.29) is 6.04 Å². The Hall–Kier alpha value is -1.17. The van der Waals surface area contributed by atoms with Crippen LogP contribution in [0.2, 0.25) is 5.02 Å². The van der Waals surface area contributed by atoms with Crippen LogP contribution >= 0.6 is 22.9 Å². The molecule has 0 amide bonds. The van der Waals surface area contributed by atoms with Gasteiger partial charge in [-0.3, -0.25) is 4.98 Å². The van der Waals surface area contributed by atoms with E-state index < -0.39 is 0 Å². The van der Waals surface area contributed by atoms with Crippen molar-refractivity contribution in [2.45, 2.75) is 6.04 Å². The van der Waals surface area contributed by atoms with Crippen LogP contribution in [0.3, 0.4) is 0 Å². The normalized spacial score (nSPS) is 12.6. The molecule has 3 N–H and O–H groups in total. The summed E-state index contributed by atoms with van der Waals surface area (Å²) in [6.07, 6.45) is 3.35. The topological polar surface area (TPSA) is 63.8 Å². The third kappa shape index (κ3) is 2.16. The summed E-state index contributed by atoms with van der Waals surface area (Å²) in [5.41, 5.74) is 8.51. The van der Waals surface area contributed by atoms with E-state index in [2.05, 4.69) is 15.3 Å². The quantitative estimate of drug-likeness (QED) is 0.880. The van der Waals surface area contributed by atoms with Gasteiger partial charge in [0, 0.05) is 22.8 Å². The molecule has 0 fully saturated rings. The Morgan fingerprint density at radius 3 is 2.94 bits per heavy atom. The fourth-order valence-electron chi connectivity index (χ4n) is 1.52. The van der Waals surface area contributed by atoms with E-state index >= 15 is 0 Å². The van der Waals surface area contributed by atoms with Crippen molar-refractivity contribution < 1.29 is 0 Å². The highest BCUT2D eigenvalue weighted by Gasteiger charge is 2.17. The molecule has 2 aromatic heterocycles. The van der Waals surface area contributed by atoms with Crippen molar-refractivity contribution in [3.8, 4) is 0 Å². The van der Waals surface area contributed by atoms with E-state index in [0.29, 0.717) is 10.8 Å². The molecule has 0 radical (unpaired) electrons. The SMILES string of the molecule is CNC(c1cncs1)c1cc(Cl)cnc1N. The Labute approximate surface area is 102 Å². The molecule has 1 unspecified atom stereocenters. The molecule has 2 aromatic rings. The Bertz CT molecular complexity index is 472. The number of anilines is 1. The van der Waals surface area contributed by atoms with E-state index in [0.717, 1.165) is 10.4 Å². The molecule has 0 aromatic carbocycles. The number of nitrogen functional groups attached to an aromatic ring is 1. The van der Waals surface area contributed by atoms with Crippen LogP contribution in [0.15, 0.2) is 24.0 Å². The summed E-state index contributed by atoms with van der Waals surface area (Å²) in [5.74, 6) is 0.483. The monoisotopic (exact) mass is 254 g/mol. The predicted molar refractivity (Wildman–Crippen MR) is 66.7 cm³/mol. The van der Waals surface area contributed by atoms with E-state index in [9.17, 15) is 0 Å². The third-order valence-electron chi connectivity index (χ3n) is 2.25. The first kappa shape index (κ1) is 11.3. The van der Waals surface area contributed by atoms with Gasteiger partial charge in [0.25, 0.3) is 0 Å². The Kier molecular flexibility index (Phi) is 3.38. The second-order valence-electron chi connectivity index (χ2n) is 3.25. The van der Waals surface area contributed by atoms with Crippen LogP contribution < -0.4 is 11.1 Å². The van der Waals surface area contributed by atoms with Gasteiger partial charge in [0.15, 0.2) is 0 Å². The summed E-state index contributed by atoms with van der Waals surface area (Å²) in [7, 11) is 1.87. The van der Waals surface area contributed by atoms with Crippen LogP contribution in [0.5, 0.6) is 0 Å². The molecule has 16 heavy (non-hydrogen) atoms. The van der Waals surface area contributed by atoms with Crippen LogP contribution in [0.25, 0.3) is 0 Å². The lowest BCUT2D eigenvalue weighted by Gasteiger charge is -2.16. The second-order valence-corrected chi connectivity index (χ2v) is 4.61. The number of hydrogen-bond donors (Lipinski definition) is 2. The molecule has 4 nitrogen and oxygen atoms in total. The lowest BCUT2D eigenvalue weighted by molar-refractivity contribution is 0.702. The van der Waals surface area contributed by atoms with Crippen LogP contribution in [-0.2, 0) is 0 Å². The Morgan fingerprint density at radius 1 is 1.50 bits per heavy atom. The minimum absolute atomic E-state index is 0.0151. The molecule has 1 atom stereocenters. The van der Waals surface area contributed by atoms with Gasteiger partial charge in [0.2, 0.25) is 0 Å². The van der Waals surface area contributed by atoms with Crippen molar-refractivity contribution in [1.82, 2.24) is 15.3 Å². The molecule has 2 rings (SSSR count). The van der Waals surface area contributed by atoms with Gasteiger partial charge < -0.3 is 11.1 Å². The number of hydrogen-bond acceptors (Lipinski definition) is 5. The third-order valence-corrected chi connectivity index (χ3v) is 3.30. The summed E-state index contributed by atoms with van der Waals surface area (Å²) in [5, 5.41) is 3.76. The first-order chi connectivity index (χ1) is 7.72. The largest absolute Gasteiger partial charge is 0.383 e. The predicted octanol–water partition coefficient (Wildman–Crippen LogP) is 2.08. The molecule has 84 valence electrons. The molecule has 0 aliphatic carbocycles. The summed E-state index contributed by atoms with van der Waals surface area (Å²) < 4.78 is 0. The number of nitrogens with one attached hydrogen (secondary N) is 1. The molecule has 2 heterocycles. The van der Waals surface area contributed by atoms with Gasteiger partial charge >= 0.3 is 0 Å². The van der Waals surface area contributed by atoms with Crippen LogP contribution in [-0.4, -0.2) is 17.0 Å². The zero-order valence-corrected chi connectivity index (χ0v) is 10.2. The number of aromatic nitrogens is 2. The summed E-state index contributed by atoms with van der Waals surface area (Å²) in [6.45, 7) is 0. The van der Waals surface area contributed by atoms with Gasteiger partial charge in [-0.25, -0.2) is 4.98 Å². The maximum Gasteiger partial charge on any atom is 0.128 e. The van der Waals surface area contributed by atoms with Gasteiger partial charge in [-0.15, -0.1) is 11.3 Å². The van der Waals surface area contributed by atoms with Crippen molar-refractivity contribution >= 4 is 28.8 Å². The Morgan fingerprint density at radius 2 is 2.31 bits per heavy atom. The molecule has 0 aliphatic rings. The lowest BCUT2D eigenvalue weighted by Crippen LogP contribution is -2.18. The van der Waals surface area contributed by atoms with E-state index in [1.165, 1.54) is 0 Å². The van der Waals surface area contributed by atoms with Gasteiger partial charge in [-0.05, 0) is 13.1 Å². The maximum absolute atomic E-state index is 5.92. The van der Waals surface area contributed by atoms with Crippen LogP contribution in [0.1, 0.15) is 16.5 Å². The molecule has 6 heteroatoms. The standard InChI is InChI=1S/C10H11ClN4S/c1-13-9(8-4-14-5-16-8)7-2-6(11)3-15-10(7)12/h2-5,9,13H,1H3,(H2,12,15). The van der Waals surface area contributed by atoms with Gasteiger partial charge in [-0.1, -0.05) is 11.6 Å². The van der Waals surface area contributed by atoms with Crippen molar-refractivity contribution in [3.05, 3.63) is 39.4 Å². The summed E-state index contributed by atoms with van der Waals surface area (Å²) in [4.78, 5) is 9.18.